The van der Waals surface area contributed by atoms with Crippen molar-refractivity contribution in [3.05, 3.63) is 28.8 Å². The lowest BCUT2D eigenvalue weighted by Crippen LogP contribution is -2.45. The first-order valence-electron chi connectivity index (χ1n) is 13.8. The number of H-pyrrole nitrogens is 1. The molecule has 2 fully saturated rings. The van der Waals surface area contributed by atoms with Crippen molar-refractivity contribution in [3.8, 4) is 0 Å². The van der Waals surface area contributed by atoms with Gasteiger partial charge in [-0.1, -0.05) is 27.4 Å². The molecular formula is C26H42N5O8PSi. The van der Waals surface area contributed by atoms with Gasteiger partial charge in [-0.25, -0.2) is 9.55 Å². The Hall–Kier alpha value is -2.35. The minimum absolute atomic E-state index is 0.0118. The van der Waals surface area contributed by atoms with Gasteiger partial charge in [0.2, 0.25) is 5.95 Å². The van der Waals surface area contributed by atoms with Crippen molar-refractivity contribution in [2.24, 2.45) is 11.8 Å². The van der Waals surface area contributed by atoms with Crippen molar-refractivity contribution in [2.75, 3.05) is 25.6 Å². The van der Waals surface area contributed by atoms with Crippen LogP contribution in [0.1, 0.15) is 53.5 Å². The summed E-state index contributed by atoms with van der Waals surface area (Å²) in [5.41, 5.74) is 6.67. The van der Waals surface area contributed by atoms with Crippen molar-refractivity contribution in [2.45, 2.75) is 83.8 Å². The van der Waals surface area contributed by atoms with Gasteiger partial charge in [0.05, 0.1) is 50.8 Å². The molecule has 0 radical (unpaired) electrons. The van der Waals surface area contributed by atoms with E-state index in [1.165, 1.54) is 0 Å². The molecular weight excluding hydrogens is 569 g/mol. The number of esters is 1. The molecule has 1 saturated heterocycles. The third-order valence-electron chi connectivity index (χ3n) is 8.02. The summed E-state index contributed by atoms with van der Waals surface area (Å²) in [4.78, 5) is 35.4. The molecule has 13 nitrogen and oxygen atoms in total. The third kappa shape index (κ3) is 7.00. The topological polar surface area (TPSA) is 170 Å². The van der Waals surface area contributed by atoms with E-state index in [4.69, 9.17) is 28.5 Å². The van der Waals surface area contributed by atoms with Crippen LogP contribution < -0.4 is 11.3 Å². The van der Waals surface area contributed by atoms with Gasteiger partial charge in [0.1, 0.15) is 0 Å². The molecule has 2 aromatic rings. The number of imidazole rings is 1. The summed E-state index contributed by atoms with van der Waals surface area (Å²) < 4.78 is 43.9. The van der Waals surface area contributed by atoms with Crippen molar-refractivity contribution < 1.29 is 32.1 Å². The fourth-order valence-electron chi connectivity index (χ4n) is 4.77. The summed E-state index contributed by atoms with van der Waals surface area (Å²) in [7, 11) is -6.11. The highest BCUT2D eigenvalue weighted by molar-refractivity contribution is 7.48. The Balaban J connectivity index is 1.52. The number of carbonyl (C=O) groups excluding carboxylic acids is 1. The molecule has 3 N–H and O–H groups in total. The van der Waals surface area contributed by atoms with Gasteiger partial charge in [0.25, 0.3) is 5.56 Å². The van der Waals surface area contributed by atoms with Crippen LogP contribution in [-0.4, -0.2) is 65.8 Å². The fraction of sp³-hybridized carbons (Fsp3) is 0.692. The highest BCUT2D eigenvalue weighted by Gasteiger charge is 2.47. The number of fused-ring (bicyclic) bond motifs is 1. The number of hydrogen-bond donors (Lipinski definition) is 2. The molecule has 41 heavy (non-hydrogen) atoms. The summed E-state index contributed by atoms with van der Waals surface area (Å²) in [5, 5.41) is -0.0586. The number of aromatic amines is 1. The van der Waals surface area contributed by atoms with Crippen LogP contribution in [0.3, 0.4) is 0 Å². The van der Waals surface area contributed by atoms with Crippen LogP contribution in [0.25, 0.3) is 11.2 Å². The molecule has 2 aromatic heterocycles. The molecule has 0 aromatic carbocycles. The summed E-state index contributed by atoms with van der Waals surface area (Å²) >= 11 is 0. The number of hydrogen-bond acceptors (Lipinski definition) is 11. The first kappa shape index (κ1) is 31.6. The van der Waals surface area contributed by atoms with Crippen LogP contribution in [-0.2, 0) is 32.1 Å². The number of nitrogens with one attached hydrogen (secondary N) is 1. The van der Waals surface area contributed by atoms with Crippen LogP contribution in [0.15, 0.2) is 23.3 Å². The Morgan fingerprint density at radius 2 is 1.98 bits per heavy atom. The van der Waals surface area contributed by atoms with Gasteiger partial charge in [-0.3, -0.25) is 28.1 Å². The van der Waals surface area contributed by atoms with Crippen molar-refractivity contribution >= 4 is 39.2 Å². The summed E-state index contributed by atoms with van der Waals surface area (Å²) in [6, 6.07) is -0.317. The summed E-state index contributed by atoms with van der Waals surface area (Å²) in [6.07, 6.45) is 1.63. The number of nitrogens with zero attached hydrogens (tertiary/aromatic N) is 3. The van der Waals surface area contributed by atoms with E-state index in [-0.39, 0.29) is 78.8 Å². The number of nitrogens with two attached hydrogens (primary N) is 1. The zero-order chi connectivity index (χ0) is 30.3. The lowest BCUT2D eigenvalue weighted by molar-refractivity contribution is -0.149. The number of aromatic nitrogens is 4. The molecule has 1 aliphatic carbocycles. The van der Waals surface area contributed by atoms with Crippen molar-refractivity contribution in [3.63, 3.8) is 0 Å². The Kier molecular flexibility index (Phi) is 9.04. The Morgan fingerprint density at radius 3 is 2.59 bits per heavy atom. The number of phosphoric acid groups is 1. The van der Waals surface area contributed by atoms with Gasteiger partial charge >= 0.3 is 13.8 Å². The van der Waals surface area contributed by atoms with Gasteiger partial charge in [0.15, 0.2) is 19.5 Å². The molecule has 2 aliphatic rings. The van der Waals surface area contributed by atoms with Crippen LogP contribution in [0.2, 0.25) is 18.1 Å². The zero-order valence-electron chi connectivity index (χ0n) is 24.8. The quantitative estimate of drug-likeness (QED) is 0.179. The number of ether oxygens (including phenoxy) is 1. The SMILES string of the molecule is C=C1[C@H](COP2(=O)OCC(CC(=O)OC(C)C)CO2)[C@@H](O[Si](C)(C)C(C)(C)C)C[C@@H]1n1cnc2c(=O)[nH]c(N)nc21. The van der Waals surface area contributed by atoms with E-state index in [9.17, 15) is 14.2 Å². The second-order valence-electron chi connectivity index (χ2n) is 12.6. The Bertz CT molecular complexity index is 1390. The Morgan fingerprint density at radius 1 is 1.32 bits per heavy atom. The fourth-order valence-corrected chi connectivity index (χ4v) is 7.50. The average Bonchev–Trinajstić information content (AvgIpc) is 3.38. The summed E-state index contributed by atoms with van der Waals surface area (Å²) in [5.74, 6) is -1.02. The maximum atomic E-state index is 13.3. The molecule has 1 aliphatic heterocycles. The maximum Gasteiger partial charge on any atom is 0.474 e. The van der Waals surface area contributed by atoms with Gasteiger partial charge in [-0.2, -0.15) is 4.98 Å². The molecule has 15 heteroatoms. The van der Waals surface area contributed by atoms with Gasteiger partial charge in [-0.15, -0.1) is 0 Å². The zero-order valence-corrected chi connectivity index (χ0v) is 26.7. The van der Waals surface area contributed by atoms with E-state index in [2.05, 4.69) is 55.4 Å². The van der Waals surface area contributed by atoms with E-state index >= 15 is 0 Å². The van der Waals surface area contributed by atoms with E-state index in [0.29, 0.717) is 12.1 Å². The molecule has 0 spiro atoms. The van der Waals surface area contributed by atoms with Gasteiger partial charge in [-0.05, 0) is 44.0 Å². The van der Waals surface area contributed by atoms with E-state index in [1.807, 2.05) is 0 Å². The summed E-state index contributed by atoms with van der Waals surface area (Å²) in [6.45, 7) is 18.8. The number of nitrogen functional groups attached to an aromatic ring is 1. The molecule has 3 atom stereocenters. The molecule has 0 unspecified atom stereocenters. The van der Waals surface area contributed by atoms with Crippen molar-refractivity contribution in [1.29, 1.82) is 0 Å². The maximum absolute atomic E-state index is 13.3. The molecule has 1 saturated carbocycles. The molecule has 228 valence electrons. The lowest BCUT2D eigenvalue weighted by atomic mass is 10.0. The normalized spacial score (nSPS) is 27.6. The van der Waals surface area contributed by atoms with Crippen LogP contribution in [0.4, 0.5) is 5.95 Å². The van der Waals surface area contributed by atoms with Gasteiger partial charge in [0, 0.05) is 11.8 Å². The first-order chi connectivity index (χ1) is 19.0. The van der Waals surface area contributed by atoms with Crippen molar-refractivity contribution in [1.82, 2.24) is 19.5 Å². The third-order valence-corrected chi connectivity index (χ3v) is 13.9. The van der Waals surface area contributed by atoms with Crippen LogP contribution in [0.5, 0.6) is 0 Å². The second-order valence-corrected chi connectivity index (χ2v) is 19.0. The largest absolute Gasteiger partial charge is 0.474 e. The average molecular weight is 612 g/mol. The molecule has 4 rings (SSSR count). The minimum Gasteiger partial charge on any atom is -0.463 e. The highest BCUT2D eigenvalue weighted by Crippen LogP contribution is 2.55. The number of carbonyl (C=O) groups is 1. The second kappa shape index (κ2) is 11.7. The highest BCUT2D eigenvalue weighted by atomic mass is 31.2. The standard InChI is InChI=1S/C26H42N5O8PSi/c1-15(2)38-21(32)9-17-11-35-40(34,36-12-17)37-13-18-16(3)19(10-20(18)39-41(7,8)26(4,5)6)31-14-28-22-23(31)29-25(27)30-24(22)33/h14-15,17-20H,3,9-13H2,1-2,4-8H3,(H3,27,29,30,33)/t17?,18-,19-,20-,40?/m0/s1. The minimum atomic E-state index is -3.87. The number of anilines is 1. The molecule has 0 bridgehead atoms. The first-order valence-corrected chi connectivity index (χ1v) is 18.2. The monoisotopic (exact) mass is 611 g/mol. The van der Waals surface area contributed by atoms with Gasteiger partial charge < -0.3 is 19.5 Å². The smallest absolute Gasteiger partial charge is 0.463 e. The number of rotatable bonds is 9. The predicted molar refractivity (Wildman–Crippen MR) is 156 cm³/mol. The van der Waals surface area contributed by atoms with Crippen LogP contribution in [0, 0.1) is 11.8 Å². The predicted octanol–water partition coefficient (Wildman–Crippen LogP) is 4.34. The van der Waals surface area contributed by atoms with E-state index in [1.54, 1.807) is 24.7 Å². The van der Waals surface area contributed by atoms with E-state index < -0.39 is 21.7 Å². The number of phosphoric ester groups is 1. The van der Waals surface area contributed by atoms with E-state index in [0.717, 1.165) is 5.57 Å². The Labute approximate surface area is 240 Å². The van der Waals surface area contributed by atoms with Crippen LogP contribution >= 0.6 is 7.82 Å². The molecule has 3 heterocycles. The molecule has 0 amide bonds. The lowest BCUT2D eigenvalue weighted by Gasteiger charge is -2.40.